The van der Waals surface area contributed by atoms with Gasteiger partial charge in [0, 0.05) is 15.4 Å². The fraction of sp³-hybridized carbons (Fsp3) is 0.133. The second kappa shape index (κ2) is 7.87. The Morgan fingerprint density at radius 1 is 1.35 bits per heavy atom. The summed E-state index contributed by atoms with van der Waals surface area (Å²) in [6.45, 7) is 0.912. The van der Waals surface area contributed by atoms with Crippen LogP contribution in [-0.4, -0.2) is 19.1 Å². The molecular formula is C15H14BrNO2S. The quantitative estimate of drug-likeness (QED) is 0.636. The highest BCUT2D eigenvalue weighted by Gasteiger charge is 1.97. The first-order chi connectivity index (χ1) is 9.74. The van der Waals surface area contributed by atoms with Crippen molar-refractivity contribution < 1.29 is 9.53 Å². The van der Waals surface area contributed by atoms with Gasteiger partial charge in [-0.05, 0) is 35.7 Å². The summed E-state index contributed by atoms with van der Waals surface area (Å²) in [6, 6.07) is 11.5. The molecule has 5 heteroatoms. The number of amides is 1. The van der Waals surface area contributed by atoms with Gasteiger partial charge in [-0.3, -0.25) is 4.79 Å². The first-order valence-electron chi connectivity index (χ1n) is 6.12. The minimum absolute atomic E-state index is 0.115. The van der Waals surface area contributed by atoms with E-state index in [0.29, 0.717) is 13.2 Å². The van der Waals surface area contributed by atoms with Gasteiger partial charge in [-0.2, -0.15) is 0 Å². The second-order valence-corrected chi connectivity index (χ2v) is 5.84. The maximum atomic E-state index is 11.5. The van der Waals surface area contributed by atoms with Gasteiger partial charge >= 0.3 is 0 Å². The summed E-state index contributed by atoms with van der Waals surface area (Å²) in [5.74, 6) is 0.666. The van der Waals surface area contributed by atoms with E-state index >= 15 is 0 Å². The van der Waals surface area contributed by atoms with Gasteiger partial charge in [0.1, 0.15) is 12.4 Å². The van der Waals surface area contributed by atoms with Crippen molar-refractivity contribution in [3.8, 4) is 5.75 Å². The van der Waals surface area contributed by atoms with Gasteiger partial charge < -0.3 is 10.1 Å². The molecule has 3 nitrogen and oxygen atoms in total. The maximum Gasteiger partial charge on any atom is 0.244 e. The van der Waals surface area contributed by atoms with Crippen LogP contribution in [0.2, 0.25) is 0 Å². The fourth-order valence-electron chi connectivity index (χ4n) is 1.50. The van der Waals surface area contributed by atoms with E-state index in [1.165, 1.54) is 6.08 Å². The monoisotopic (exact) mass is 351 g/mol. The lowest BCUT2D eigenvalue weighted by molar-refractivity contribution is -0.116. The van der Waals surface area contributed by atoms with Gasteiger partial charge in [0.05, 0.1) is 6.54 Å². The zero-order chi connectivity index (χ0) is 14.2. The molecule has 0 fully saturated rings. The molecule has 1 N–H and O–H groups in total. The summed E-state index contributed by atoms with van der Waals surface area (Å²) < 4.78 is 6.49. The smallest absolute Gasteiger partial charge is 0.244 e. The van der Waals surface area contributed by atoms with E-state index in [1.54, 1.807) is 17.4 Å². The molecule has 0 saturated carbocycles. The minimum atomic E-state index is -0.115. The van der Waals surface area contributed by atoms with Crippen LogP contribution in [0.15, 0.2) is 52.3 Å². The predicted molar refractivity (Wildman–Crippen MR) is 86.0 cm³/mol. The molecule has 0 aliphatic carbocycles. The lowest BCUT2D eigenvalue weighted by Gasteiger charge is -2.06. The highest BCUT2D eigenvalue weighted by atomic mass is 79.9. The largest absolute Gasteiger partial charge is 0.492 e. The first kappa shape index (κ1) is 14.8. The van der Waals surface area contributed by atoms with Crippen molar-refractivity contribution >= 4 is 39.2 Å². The number of carbonyl (C=O) groups excluding carboxylic acids is 1. The molecule has 0 spiro atoms. The average Bonchev–Trinajstić information content (AvgIpc) is 2.95. The number of carbonyl (C=O) groups is 1. The van der Waals surface area contributed by atoms with Crippen LogP contribution in [0, 0.1) is 0 Å². The van der Waals surface area contributed by atoms with E-state index in [0.717, 1.165) is 15.1 Å². The molecular weight excluding hydrogens is 338 g/mol. The van der Waals surface area contributed by atoms with Crippen molar-refractivity contribution in [3.63, 3.8) is 0 Å². The molecule has 0 atom stereocenters. The Hall–Kier alpha value is -1.59. The van der Waals surface area contributed by atoms with Gasteiger partial charge in [0.2, 0.25) is 5.91 Å². The van der Waals surface area contributed by atoms with Gasteiger partial charge in [-0.15, -0.1) is 11.3 Å². The van der Waals surface area contributed by atoms with Crippen molar-refractivity contribution in [2.75, 3.05) is 13.2 Å². The molecule has 0 bridgehead atoms. The Kier molecular flexibility index (Phi) is 5.83. The summed E-state index contributed by atoms with van der Waals surface area (Å²) in [6.07, 6.45) is 3.33. The maximum absolute atomic E-state index is 11.5. The topological polar surface area (TPSA) is 38.3 Å². The molecule has 0 saturated heterocycles. The van der Waals surface area contributed by atoms with E-state index in [9.17, 15) is 4.79 Å². The van der Waals surface area contributed by atoms with Crippen LogP contribution >= 0.6 is 27.3 Å². The molecule has 0 radical (unpaired) electrons. The third-order valence-corrected chi connectivity index (χ3v) is 3.74. The number of rotatable bonds is 6. The van der Waals surface area contributed by atoms with Crippen LogP contribution in [0.1, 0.15) is 4.88 Å². The zero-order valence-corrected chi connectivity index (χ0v) is 13.1. The zero-order valence-electron chi connectivity index (χ0n) is 10.7. The van der Waals surface area contributed by atoms with Crippen LogP contribution in [0.5, 0.6) is 5.75 Å². The lowest BCUT2D eigenvalue weighted by atomic mass is 10.3. The van der Waals surface area contributed by atoms with E-state index in [1.807, 2.05) is 41.8 Å². The number of hydrogen-bond acceptors (Lipinski definition) is 3. The molecule has 1 aromatic heterocycles. The van der Waals surface area contributed by atoms with Gasteiger partial charge in [-0.1, -0.05) is 28.1 Å². The number of hydrogen-bond donors (Lipinski definition) is 1. The fourth-order valence-corrected chi connectivity index (χ4v) is 2.50. The normalized spacial score (nSPS) is 10.7. The van der Waals surface area contributed by atoms with Crippen LogP contribution in [0.4, 0.5) is 0 Å². The Bertz CT molecular complexity index is 581. The molecule has 1 aromatic carbocycles. The molecule has 20 heavy (non-hydrogen) atoms. The van der Waals surface area contributed by atoms with E-state index in [-0.39, 0.29) is 5.91 Å². The van der Waals surface area contributed by atoms with Crippen LogP contribution in [0.3, 0.4) is 0 Å². The SMILES string of the molecule is O=C(/C=C/c1cccs1)NCCOc1cccc(Br)c1. The van der Waals surface area contributed by atoms with Crippen molar-refractivity contribution in [3.05, 3.63) is 57.2 Å². The number of thiophene rings is 1. The molecule has 0 aliphatic heterocycles. The van der Waals surface area contributed by atoms with Crippen molar-refractivity contribution in [2.45, 2.75) is 0 Å². The molecule has 2 rings (SSSR count). The molecule has 1 amide bonds. The number of ether oxygens (including phenoxy) is 1. The van der Waals surface area contributed by atoms with Crippen molar-refractivity contribution in [1.29, 1.82) is 0 Å². The van der Waals surface area contributed by atoms with Crippen molar-refractivity contribution in [1.82, 2.24) is 5.32 Å². The van der Waals surface area contributed by atoms with Gasteiger partial charge in [0.25, 0.3) is 0 Å². The lowest BCUT2D eigenvalue weighted by Crippen LogP contribution is -2.26. The highest BCUT2D eigenvalue weighted by molar-refractivity contribution is 9.10. The third kappa shape index (κ3) is 5.19. The minimum Gasteiger partial charge on any atom is -0.492 e. The van der Waals surface area contributed by atoms with E-state index in [2.05, 4.69) is 21.2 Å². The van der Waals surface area contributed by atoms with Crippen molar-refractivity contribution in [2.24, 2.45) is 0 Å². The molecule has 104 valence electrons. The number of halogens is 1. The molecule has 2 aromatic rings. The average molecular weight is 352 g/mol. The Labute approximate surface area is 130 Å². The van der Waals surface area contributed by atoms with E-state index < -0.39 is 0 Å². The third-order valence-electron chi connectivity index (χ3n) is 2.41. The Morgan fingerprint density at radius 3 is 3.00 bits per heavy atom. The standard InChI is InChI=1S/C15H14BrNO2S/c16-12-3-1-4-13(11-12)19-9-8-17-15(18)7-6-14-5-2-10-20-14/h1-7,10-11H,8-9H2,(H,17,18)/b7-6+. The highest BCUT2D eigenvalue weighted by Crippen LogP contribution is 2.17. The van der Waals surface area contributed by atoms with E-state index in [4.69, 9.17) is 4.74 Å². The van der Waals surface area contributed by atoms with Crippen LogP contribution in [0.25, 0.3) is 6.08 Å². The summed E-state index contributed by atoms with van der Waals surface area (Å²) in [7, 11) is 0. The molecule has 1 heterocycles. The van der Waals surface area contributed by atoms with Crippen LogP contribution < -0.4 is 10.1 Å². The summed E-state index contributed by atoms with van der Waals surface area (Å²) in [4.78, 5) is 12.6. The molecule has 0 aliphatic rings. The predicted octanol–water partition coefficient (Wildman–Crippen LogP) is 3.72. The Balaban J connectivity index is 1.67. The van der Waals surface area contributed by atoms with Gasteiger partial charge in [0.15, 0.2) is 0 Å². The number of benzene rings is 1. The summed E-state index contributed by atoms with van der Waals surface area (Å²) in [5, 5.41) is 4.75. The summed E-state index contributed by atoms with van der Waals surface area (Å²) >= 11 is 4.97. The van der Waals surface area contributed by atoms with Gasteiger partial charge in [-0.25, -0.2) is 0 Å². The second-order valence-electron chi connectivity index (χ2n) is 3.95. The Morgan fingerprint density at radius 2 is 2.25 bits per heavy atom. The first-order valence-corrected chi connectivity index (χ1v) is 7.79. The number of nitrogens with one attached hydrogen (secondary N) is 1. The van der Waals surface area contributed by atoms with Crippen LogP contribution in [-0.2, 0) is 4.79 Å². The summed E-state index contributed by atoms with van der Waals surface area (Å²) in [5.41, 5.74) is 0. The molecule has 0 unspecified atom stereocenters.